The zero-order valence-corrected chi connectivity index (χ0v) is 12.8. The van der Waals surface area contributed by atoms with Gasteiger partial charge in [-0.15, -0.1) is 0 Å². The molecule has 1 fully saturated rings. The molecule has 1 N–H and O–H groups in total. The molecule has 1 saturated carbocycles. The van der Waals surface area contributed by atoms with Gasteiger partial charge in [-0.2, -0.15) is 0 Å². The molecule has 3 unspecified atom stereocenters. The Morgan fingerprint density at radius 1 is 1.20 bits per heavy atom. The minimum Gasteiger partial charge on any atom is -0.372 e. The van der Waals surface area contributed by atoms with Crippen molar-refractivity contribution < 1.29 is 4.74 Å². The van der Waals surface area contributed by atoms with Gasteiger partial charge in [-0.3, -0.25) is 0 Å². The van der Waals surface area contributed by atoms with Crippen molar-refractivity contribution in [3.05, 3.63) is 34.9 Å². The van der Waals surface area contributed by atoms with Crippen LogP contribution in [-0.4, -0.2) is 7.05 Å². The molecule has 0 aromatic heterocycles. The summed E-state index contributed by atoms with van der Waals surface area (Å²) >= 11 is 0. The van der Waals surface area contributed by atoms with Crippen LogP contribution in [0.5, 0.6) is 0 Å². The van der Waals surface area contributed by atoms with Crippen molar-refractivity contribution >= 4 is 0 Å². The van der Waals surface area contributed by atoms with Crippen LogP contribution in [0.15, 0.2) is 18.2 Å². The molecular formula is C18H27NO. The van der Waals surface area contributed by atoms with E-state index < -0.39 is 0 Å². The molecule has 2 aliphatic rings. The third kappa shape index (κ3) is 2.64. The van der Waals surface area contributed by atoms with Crippen molar-refractivity contribution in [2.75, 3.05) is 7.05 Å². The van der Waals surface area contributed by atoms with Crippen LogP contribution in [0.4, 0.5) is 0 Å². The second-order valence-corrected chi connectivity index (χ2v) is 6.40. The van der Waals surface area contributed by atoms with E-state index in [-0.39, 0.29) is 0 Å². The van der Waals surface area contributed by atoms with E-state index in [1.165, 1.54) is 48.8 Å². The van der Waals surface area contributed by atoms with Crippen LogP contribution in [0.1, 0.15) is 61.8 Å². The Balaban J connectivity index is 1.85. The summed E-state index contributed by atoms with van der Waals surface area (Å²) in [7, 11) is 2.12. The summed E-state index contributed by atoms with van der Waals surface area (Å²) < 4.78 is 5.55. The molecule has 0 amide bonds. The second-order valence-electron chi connectivity index (χ2n) is 6.40. The number of hydrogen-bond acceptors (Lipinski definition) is 2. The molecular weight excluding hydrogens is 246 g/mol. The molecule has 3 rings (SSSR count). The zero-order chi connectivity index (χ0) is 13.9. The first kappa shape index (κ1) is 14.1. The minimum atomic E-state index is 0.506. The van der Waals surface area contributed by atoms with Crippen molar-refractivity contribution in [1.29, 1.82) is 0 Å². The highest BCUT2D eigenvalue weighted by molar-refractivity contribution is 5.35. The van der Waals surface area contributed by atoms with Gasteiger partial charge >= 0.3 is 0 Å². The lowest BCUT2D eigenvalue weighted by molar-refractivity contribution is 0.134. The van der Waals surface area contributed by atoms with Crippen LogP contribution in [0.2, 0.25) is 0 Å². The van der Waals surface area contributed by atoms with Gasteiger partial charge in [-0.1, -0.05) is 50.8 Å². The number of ether oxygens (including phenoxy) is 1. The fourth-order valence-corrected chi connectivity index (χ4v) is 4.20. The molecule has 1 aliphatic heterocycles. The highest BCUT2D eigenvalue weighted by Crippen LogP contribution is 2.40. The maximum atomic E-state index is 5.55. The second kappa shape index (κ2) is 6.28. The van der Waals surface area contributed by atoms with Crippen LogP contribution in [0.3, 0.4) is 0 Å². The van der Waals surface area contributed by atoms with Crippen molar-refractivity contribution in [2.45, 2.75) is 58.3 Å². The van der Waals surface area contributed by atoms with Crippen molar-refractivity contribution in [2.24, 2.45) is 11.8 Å². The molecule has 2 heteroatoms. The van der Waals surface area contributed by atoms with Gasteiger partial charge in [-0.05, 0) is 42.0 Å². The highest BCUT2D eigenvalue weighted by atomic mass is 16.5. The molecule has 110 valence electrons. The zero-order valence-electron chi connectivity index (χ0n) is 12.8. The van der Waals surface area contributed by atoms with Crippen LogP contribution in [0.25, 0.3) is 0 Å². The summed E-state index contributed by atoms with van der Waals surface area (Å²) in [5.74, 6) is 1.67. The largest absolute Gasteiger partial charge is 0.372 e. The smallest absolute Gasteiger partial charge is 0.0725 e. The van der Waals surface area contributed by atoms with Crippen LogP contribution in [0, 0.1) is 11.8 Å². The Hall–Kier alpha value is -0.860. The molecule has 0 saturated heterocycles. The molecule has 2 nitrogen and oxygen atoms in total. The van der Waals surface area contributed by atoms with Gasteiger partial charge in [0.1, 0.15) is 0 Å². The predicted molar refractivity (Wildman–Crippen MR) is 82.5 cm³/mol. The first-order valence-corrected chi connectivity index (χ1v) is 8.20. The van der Waals surface area contributed by atoms with Gasteiger partial charge in [0.2, 0.25) is 0 Å². The summed E-state index contributed by atoms with van der Waals surface area (Å²) in [5.41, 5.74) is 4.23. The van der Waals surface area contributed by atoms with E-state index in [0.717, 1.165) is 25.0 Å². The van der Waals surface area contributed by atoms with E-state index in [1.807, 2.05) is 0 Å². The maximum absolute atomic E-state index is 5.55. The third-order valence-electron chi connectivity index (χ3n) is 5.34. The number of nitrogens with one attached hydrogen (secondary N) is 1. The van der Waals surface area contributed by atoms with E-state index in [0.29, 0.717) is 6.04 Å². The summed E-state index contributed by atoms with van der Waals surface area (Å²) in [6.45, 7) is 3.94. The molecule has 1 aromatic carbocycles. The molecule has 3 atom stereocenters. The van der Waals surface area contributed by atoms with E-state index in [1.54, 1.807) is 0 Å². The lowest BCUT2D eigenvalue weighted by Gasteiger charge is -2.37. The van der Waals surface area contributed by atoms with Gasteiger partial charge in [-0.25, -0.2) is 0 Å². The van der Waals surface area contributed by atoms with Gasteiger partial charge < -0.3 is 10.1 Å². The van der Waals surface area contributed by atoms with E-state index >= 15 is 0 Å². The average molecular weight is 273 g/mol. The summed E-state index contributed by atoms with van der Waals surface area (Å²) in [6.07, 6.45) is 6.92. The standard InChI is InChI=1S/C18H27NO/c1-3-13-6-4-5-7-17(13)18(19-2)14-8-9-15-11-20-12-16(15)10-14/h8-10,13,17-19H,3-7,11-12H2,1-2H3. The first-order chi connectivity index (χ1) is 9.83. The summed E-state index contributed by atoms with van der Waals surface area (Å²) in [5, 5.41) is 3.60. The molecule has 0 radical (unpaired) electrons. The topological polar surface area (TPSA) is 21.3 Å². The van der Waals surface area contributed by atoms with Gasteiger partial charge in [0.25, 0.3) is 0 Å². The first-order valence-electron chi connectivity index (χ1n) is 8.20. The Morgan fingerprint density at radius 2 is 2.00 bits per heavy atom. The average Bonchev–Trinajstić information content (AvgIpc) is 2.96. The molecule has 20 heavy (non-hydrogen) atoms. The third-order valence-corrected chi connectivity index (χ3v) is 5.34. The summed E-state index contributed by atoms with van der Waals surface area (Å²) in [6, 6.07) is 7.47. The number of hydrogen-bond donors (Lipinski definition) is 1. The predicted octanol–water partition coefficient (Wildman–Crippen LogP) is 4.19. The lowest BCUT2D eigenvalue weighted by Crippen LogP contribution is -2.32. The Labute approximate surface area is 122 Å². The Kier molecular flexibility index (Phi) is 4.42. The van der Waals surface area contributed by atoms with Crippen molar-refractivity contribution in [3.8, 4) is 0 Å². The fraction of sp³-hybridized carbons (Fsp3) is 0.667. The monoisotopic (exact) mass is 273 g/mol. The summed E-state index contributed by atoms with van der Waals surface area (Å²) in [4.78, 5) is 0. The molecule has 0 bridgehead atoms. The van der Waals surface area contributed by atoms with Gasteiger partial charge in [0.05, 0.1) is 13.2 Å². The highest BCUT2D eigenvalue weighted by Gasteiger charge is 2.31. The SMILES string of the molecule is CCC1CCCCC1C(NC)c1ccc2c(c1)COC2. The van der Waals surface area contributed by atoms with Gasteiger partial charge in [0.15, 0.2) is 0 Å². The quantitative estimate of drug-likeness (QED) is 0.888. The Bertz CT molecular complexity index is 457. The molecule has 1 aromatic rings. The van der Waals surface area contributed by atoms with Crippen LogP contribution in [-0.2, 0) is 18.0 Å². The molecule has 1 aliphatic carbocycles. The van der Waals surface area contributed by atoms with Crippen LogP contribution >= 0.6 is 0 Å². The van der Waals surface area contributed by atoms with E-state index in [4.69, 9.17) is 4.74 Å². The van der Waals surface area contributed by atoms with E-state index in [2.05, 4.69) is 37.5 Å². The lowest BCUT2D eigenvalue weighted by atomic mass is 9.72. The molecule has 1 heterocycles. The van der Waals surface area contributed by atoms with E-state index in [9.17, 15) is 0 Å². The fourth-order valence-electron chi connectivity index (χ4n) is 4.20. The number of benzene rings is 1. The number of rotatable bonds is 4. The normalized spacial score (nSPS) is 27.3. The molecule has 0 spiro atoms. The van der Waals surface area contributed by atoms with Gasteiger partial charge in [0, 0.05) is 6.04 Å². The number of fused-ring (bicyclic) bond motifs is 1. The van der Waals surface area contributed by atoms with Crippen LogP contribution < -0.4 is 5.32 Å². The van der Waals surface area contributed by atoms with Crippen molar-refractivity contribution in [3.63, 3.8) is 0 Å². The maximum Gasteiger partial charge on any atom is 0.0725 e. The van der Waals surface area contributed by atoms with Crippen molar-refractivity contribution in [1.82, 2.24) is 5.32 Å². The minimum absolute atomic E-state index is 0.506. The Morgan fingerprint density at radius 3 is 2.80 bits per heavy atom.